The van der Waals surface area contributed by atoms with Crippen molar-refractivity contribution in [3.8, 4) is 5.69 Å². The van der Waals surface area contributed by atoms with Gasteiger partial charge in [0.2, 0.25) is 0 Å². The zero-order valence-corrected chi connectivity index (χ0v) is 18.8. The van der Waals surface area contributed by atoms with Crippen molar-refractivity contribution >= 4 is 27.7 Å². The molecule has 6 nitrogen and oxygen atoms in total. The predicted octanol–water partition coefficient (Wildman–Crippen LogP) is 5.56. The summed E-state index contributed by atoms with van der Waals surface area (Å²) >= 11 is 0. The number of aliphatic imine (C=N–C) groups is 1. The summed E-state index contributed by atoms with van der Waals surface area (Å²) in [6, 6.07) is 12.9. The summed E-state index contributed by atoms with van der Waals surface area (Å²) in [7, 11) is -4.03. The Hall–Kier alpha value is -3.07. The zero-order valence-electron chi connectivity index (χ0n) is 18.0. The Labute approximate surface area is 186 Å². The van der Waals surface area contributed by atoms with Crippen LogP contribution in [0.5, 0.6) is 0 Å². The van der Waals surface area contributed by atoms with E-state index in [1.807, 2.05) is 19.9 Å². The molecule has 0 aliphatic carbocycles. The maximum absolute atomic E-state index is 14.1. The summed E-state index contributed by atoms with van der Waals surface area (Å²) in [6.45, 7) is 4.75. The van der Waals surface area contributed by atoms with Gasteiger partial charge in [0.1, 0.15) is 11.5 Å². The molecule has 3 aromatic rings. The van der Waals surface area contributed by atoms with E-state index in [9.17, 15) is 17.2 Å². The second kappa shape index (κ2) is 8.12. The number of nitrogens with zero attached hydrogens (tertiary/aromatic N) is 3. The maximum Gasteiger partial charge on any atom is 0.288 e. The Bertz CT molecular complexity index is 1270. The van der Waals surface area contributed by atoms with Gasteiger partial charge in [-0.1, -0.05) is 32.0 Å². The lowest BCUT2D eigenvalue weighted by Gasteiger charge is -2.17. The fourth-order valence-corrected chi connectivity index (χ4v) is 4.62. The molecule has 1 aliphatic rings. The van der Waals surface area contributed by atoms with Crippen LogP contribution < -0.4 is 4.72 Å². The van der Waals surface area contributed by atoms with Gasteiger partial charge in [-0.05, 0) is 48.6 Å². The zero-order chi connectivity index (χ0) is 23.1. The quantitative estimate of drug-likeness (QED) is 0.526. The summed E-state index contributed by atoms with van der Waals surface area (Å²) in [5.41, 5.74) is 2.53. The molecule has 1 N–H and O–H groups in total. The standard InChI is InChI=1S/C23H24F2N4O2S/c1-15(2)16-9-11-17(12-10-16)32(30,31)28-22-14-21(23(3,24)25)27-29(22)20-8-4-7-19-18(20)6-5-13-26-19/h4,7-15,28H,5-6H2,1-3H3. The number of hydrogen-bond donors (Lipinski definition) is 1. The van der Waals surface area contributed by atoms with E-state index in [-0.39, 0.29) is 16.6 Å². The van der Waals surface area contributed by atoms with Crippen molar-refractivity contribution in [1.29, 1.82) is 0 Å². The number of rotatable bonds is 6. The minimum absolute atomic E-state index is 0.0409. The molecule has 2 aromatic carbocycles. The summed E-state index contributed by atoms with van der Waals surface area (Å²) in [6.07, 6.45) is 3.15. The Morgan fingerprint density at radius 3 is 2.50 bits per heavy atom. The normalized spacial score (nSPS) is 13.9. The summed E-state index contributed by atoms with van der Waals surface area (Å²) in [5.74, 6) is -3.04. The van der Waals surface area contributed by atoms with Gasteiger partial charge in [0.05, 0.1) is 16.3 Å². The smallest absolute Gasteiger partial charge is 0.263 e. The summed E-state index contributed by atoms with van der Waals surface area (Å²) < 4.78 is 58.0. The molecule has 168 valence electrons. The third kappa shape index (κ3) is 4.29. The van der Waals surface area contributed by atoms with Crippen molar-refractivity contribution in [3.05, 3.63) is 65.4 Å². The van der Waals surface area contributed by atoms with Crippen LogP contribution in [0.15, 0.2) is 58.4 Å². The molecule has 0 unspecified atom stereocenters. The lowest BCUT2D eigenvalue weighted by atomic mass is 10.0. The van der Waals surface area contributed by atoms with Gasteiger partial charge in [-0.2, -0.15) is 13.9 Å². The molecule has 2 heterocycles. The fourth-order valence-electron chi connectivity index (χ4n) is 3.59. The number of aromatic nitrogens is 2. The molecule has 0 spiro atoms. The maximum atomic E-state index is 14.1. The molecule has 0 bridgehead atoms. The first-order chi connectivity index (χ1) is 15.1. The predicted molar refractivity (Wildman–Crippen MR) is 121 cm³/mol. The van der Waals surface area contributed by atoms with Crippen LogP contribution in [0.25, 0.3) is 5.69 Å². The van der Waals surface area contributed by atoms with Gasteiger partial charge in [0, 0.05) is 24.8 Å². The van der Waals surface area contributed by atoms with Crippen LogP contribution in [-0.2, 0) is 22.4 Å². The first kappa shape index (κ1) is 22.1. The van der Waals surface area contributed by atoms with Crippen molar-refractivity contribution in [1.82, 2.24) is 9.78 Å². The largest absolute Gasteiger partial charge is 0.288 e. The molecule has 1 aromatic heterocycles. The van der Waals surface area contributed by atoms with Gasteiger partial charge in [-0.15, -0.1) is 0 Å². The van der Waals surface area contributed by atoms with E-state index < -0.39 is 21.6 Å². The molecule has 1 aliphatic heterocycles. The number of halogens is 2. The third-order valence-electron chi connectivity index (χ3n) is 5.36. The van der Waals surface area contributed by atoms with Crippen LogP contribution in [0.3, 0.4) is 0 Å². The lowest BCUT2D eigenvalue weighted by Crippen LogP contribution is -2.17. The molecule has 0 fully saturated rings. The second-order valence-electron chi connectivity index (χ2n) is 8.17. The van der Waals surface area contributed by atoms with Crippen LogP contribution in [0, 0.1) is 0 Å². The van der Waals surface area contributed by atoms with E-state index >= 15 is 0 Å². The second-order valence-corrected chi connectivity index (χ2v) is 9.85. The monoisotopic (exact) mass is 458 g/mol. The van der Waals surface area contributed by atoms with Gasteiger partial charge < -0.3 is 0 Å². The van der Waals surface area contributed by atoms with E-state index in [4.69, 9.17) is 0 Å². The Morgan fingerprint density at radius 1 is 1.12 bits per heavy atom. The number of sulfonamides is 1. The van der Waals surface area contributed by atoms with Gasteiger partial charge >= 0.3 is 0 Å². The number of anilines is 1. The van der Waals surface area contributed by atoms with Crippen molar-refractivity contribution in [2.45, 2.75) is 50.3 Å². The van der Waals surface area contributed by atoms with Gasteiger partial charge in [-0.25, -0.2) is 13.1 Å². The van der Waals surface area contributed by atoms with Gasteiger partial charge in [0.25, 0.3) is 15.9 Å². The highest BCUT2D eigenvalue weighted by Gasteiger charge is 2.31. The van der Waals surface area contributed by atoms with Gasteiger partial charge in [-0.3, -0.25) is 9.71 Å². The molecular weight excluding hydrogens is 434 g/mol. The molecule has 0 atom stereocenters. The Morgan fingerprint density at radius 2 is 1.84 bits per heavy atom. The number of nitrogens with one attached hydrogen (secondary N) is 1. The number of alkyl halides is 2. The summed E-state index contributed by atoms with van der Waals surface area (Å²) in [5, 5.41) is 4.06. The lowest BCUT2D eigenvalue weighted by molar-refractivity contribution is 0.0124. The molecule has 32 heavy (non-hydrogen) atoms. The number of fused-ring (bicyclic) bond motifs is 1. The highest BCUT2D eigenvalue weighted by atomic mass is 32.2. The Balaban J connectivity index is 1.79. The molecule has 9 heteroatoms. The van der Waals surface area contributed by atoms with Crippen molar-refractivity contribution in [3.63, 3.8) is 0 Å². The van der Waals surface area contributed by atoms with E-state index in [0.29, 0.717) is 24.2 Å². The highest BCUT2D eigenvalue weighted by Crippen LogP contribution is 2.34. The SMILES string of the molecule is CC(C)c1ccc(S(=O)(=O)Nc2cc(C(C)(F)F)nn2-c2cccc3c2CCC=N3)cc1. The minimum Gasteiger partial charge on any atom is -0.263 e. The van der Waals surface area contributed by atoms with Crippen molar-refractivity contribution in [2.75, 3.05) is 4.72 Å². The van der Waals surface area contributed by atoms with Gasteiger partial charge in [0.15, 0.2) is 0 Å². The van der Waals surface area contributed by atoms with E-state index in [2.05, 4.69) is 14.8 Å². The molecule has 0 saturated heterocycles. The third-order valence-corrected chi connectivity index (χ3v) is 6.73. The number of hydrogen-bond acceptors (Lipinski definition) is 4. The average molecular weight is 459 g/mol. The van der Waals surface area contributed by atoms with E-state index in [1.165, 1.54) is 16.8 Å². The van der Waals surface area contributed by atoms with Crippen LogP contribution >= 0.6 is 0 Å². The molecular formula is C23H24F2N4O2S. The molecule has 0 saturated carbocycles. The minimum atomic E-state index is -4.03. The molecule has 4 rings (SSSR count). The van der Waals surface area contributed by atoms with Crippen molar-refractivity contribution < 1.29 is 17.2 Å². The highest BCUT2D eigenvalue weighted by molar-refractivity contribution is 7.92. The number of benzene rings is 2. The van der Waals surface area contributed by atoms with Crippen LogP contribution in [0.2, 0.25) is 0 Å². The van der Waals surface area contributed by atoms with Crippen LogP contribution in [-0.4, -0.2) is 24.4 Å². The topological polar surface area (TPSA) is 76.3 Å². The van der Waals surface area contributed by atoms with E-state index in [0.717, 1.165) is 24.1 Å². The van der Waals surface area contributed by atoms with Crippen LogP contribution in [0.4, 0.5) is 20.3 Å². The van der Waals surface area contributed by atoms with Crippen LogP contribution in [0.1, 0.15) is 49.9 Å². The summed E-state index contributed by atoms with van der Waals surface area (Å²) in [4.78, 5) is 4.40. The van der Waals surface area contributed by atoms with E-state index in [1.54, 1.807) is 30.5 Å². The molecule has 0 amide bonds. The Kier molecular flexibility index (Phi) is 5.62. The average Bonchev–Trinajstić information content (AvgIpc) is 3.17. The fraction of sp³-hybridized carbons (Fsp3) is 0.304. The first-order valence-electron chi connectivity index (χ1n) is 10.3. The first-order valence-corrected chi connectivity index (χ1v) is 11.8. The van der Waals surface area contributed by atoms with Crippen molar-refractivity contribution in [2.24, 2.45) is 4.99 Å². The molecule has 0 radical (unpaired) electrons.